The molecule has 0 bridgehead atoms. The SMILES string of the molecule is CCn1ncc(N)c1C(=O)N(C)CC1CCC1. The van der Waals surface area contributed by atoms with Gasteiger partial charge in [-0.15, -0.1) is 0 Å². The van der Waals surface area contributed by atoms with Gasteiger partial charge in [-0.3, -0.25) is 9.48 Å². The summed E-state index contributed by atoms with van der Waals surface area (Å²) in [6, 6.07) is 0. The van der Waals surface area contributed by atoms with Gasteiger partial charge >= 0.3 is 0 Å². The van der Waals surface area contributed by atoms with Crippen LogP contribution >= 0.6 is 0 Å². The summed E-state index contributed by atoms with van der Waals surface area (Å²) in [4.78, 5) is 14.0. The minimum Gasteiger partial charge on any atom is -0.396 e. The number of carbonyl (C=O) groups excluding carboxylic acids is 1. The molecule has 5 heteroatoms. The lowest BCUT2D eigenvalue weighted by atomic mass is 9.85. The van der Waals surface area contributed by atoms with Crippen LogP contribution in [-0.4, -0.2) is 34.2 Å². The molecule has 94 valence electrons. The Hall–Kier alpha value is -1.52. The Balaban J connectivity index is 2.09. The molecule has 1 aliphatic rings. The predicted molar refractivity (Wildman–Crippen MR) is 66.6 cm³/mol. The molecule has 2 N–H and O–H groups in total. The van der Waals surface area contributed by atoms with E-state index in [1.54, 1.807) is 15.8 Å². The van der Waals surface area contributed by atoms with Crippen molar-refractivity contribution in [2.75, 3.05) is 19.3 Å². The summed E-state index contributed by atoms with van der Waals surface area (Å²) < 4.78 is 1.66. The van der Waals surface area contributed by atoms with Crippen LogP contribution in [0.1, 0.15) is 36.7 Å². The molecule has 0 atom stereocenters. The van der Waals surface area contributed by atoms with E-state index in [-0.39, 0.29) is 5.91 Å². The Labute approximate surface area is 102 Å². The molecule has 1 aliphatic carbocycles. The molecular weight excluding hydrogens is 216 g/mol. The van der Waals surface area contributed by atoms with Gasteiger partial charge in [0.2, 0.25) is 0 Å². The van der Waals surface area contributed by atoms with Gasteiger partial charge in [-0.1, -0.05) is 6.42 Å². The molecule has 1 amide bonds. The lowest BCUT2D eigenvalue weighted by Crippen LogP contribution is -2.35. The molecule has 0 saturated heterocycles. The van der Waals surface area contributed by atoms with Gasteiger partial charge in [0.1, 0.15) is 5.69 Å². The van der Waals surface area contributed by atoms with E-state index >= 15 is 0 Å². The topological polar surface area (TPSA) is 64.2 Å². The second-order valence-electron chi connectivity index (χ2n) is 4.75. The van der Waals surface area contributed by atoms with E-state index < -0.39 is 0 Å². The molecule has 0 aromatic carbocycles. The van der Waals surface area contributed by atoms with Crippen molar-refractivity contribution < 1.29 is 4.79 Å². The zero-order chi connectivity index (χ0) is 12.4. The van der Waals surface area contributed by atoms with E-state index in [4.69, 9.17) is 5.73 Å². The third-order valence-electron chi connectivity index (χ3n) is 3.47. The summed E-state index contributed by atoms with van der Waals surface area (Å²) in [7, 11) is 1.84. The van der Waals surface area contributed by atoms with Crippen LogP contribution in [0.5, 0.6) is 0 Å². The molecule has 0 spiro atoms. The highest BCUT2D eigenvalue weighted by Crippen LogP contribution is 2.27. The number of amides is 1. The Kier molecular flexibility index (Phi) is 3.36. The normalized spacial score (nSPS) is 15.6. The smallest absolute Gasteiger partial charge is 0.274 e. The first kappa shape index (κ1) is 12.0. The minimum atomic E-state index is -0.0197. The number of nitrogens with zero attached hydrogens (tertiary/aromatic N) is 3. The van der Waals surface area contributed by atoms with Gasteiger partial charge in [-0.05, 0) is 25.7 Å². The van der Waals surface area contributed by atoms with Gasteiger partial charge in [0.15, 0.2) is 0 Å². The number of nitrogens with two attached hydrogens (primary N) is 1. The van der Waals surface area contributed by atoms with Crippen LogP contribution in [-0.2, 0) is 6.54 Å². The maximum absolute atomic E-state index is 12.3. The zero-order valence-electron chi connectivity index (χ0n) is 10.5. The number of anilines is 1. The number of hydrogen-bond donors (Lipinski definition) is 1. The molecule has 0 unspecified atom stereocenters. The van der Waals surface area contributed by atoms with Crippen LogP contribution in [0.3, 0.4) is 0 Å². The van der Waals surface area contributed by atoms with Gasteiger partial charge in [0.25, 0.3) is 5.91 Å². The number of hydrogen-bond acceptors (Lipinski definition) is 3. The third kappa shape index (κ3) is 2.28. The molecule has 1 saturated carbocycles. The van der Waals surface area contributed by atoms with Crippen molar-refractivity contribution in [3.8, 4) is 0 Å². The largest absolute Gasteiger partial charge is 0.396 e. The third-order valence-corrected chi connectivity index (χ3v) is 3.47. The van der Waals surface area contributed by atoms with E-state index in [1.165, 1.54) is 19.3 Å². The van der Waals surface area contributed by atoms with Gasteiger partial charge in [-0.2, -0.15) is 5.10 Å². The monoisotopic (exact) mass is 236 g/mol. The Morgan fingerprint density at radius 3 is 2.88 bits per heavy atom. The van der Waals surface area contributed by atoms with Crippen LogP contribution in [0.25, 0.3) is 0 Å². The lowest BCUT2D eigenvalue weighted by molar-refractivity contribution is 0.0734. The molecule has 1 heterocycles. The maximum Gasteiger partial charge on any atom is 0.274 e. The van der Waals surface area contributed by atoms with Crippen molar-refractivity contribution in [1.29, 1.82) is 0 Å². The fraction of sp³-hybridized carbons (Fsp3) is 0.667. The number of nitrogen functional groups attached to an aromatic ring is 1. The first-order valence-electron chi connectivity index (χ1n) is 6.20. The number of aryl methyl sites for hydroxylation is 1. The summed E-state index contributed by atoms with van der Waals surface area (Å²) in [5.41, 5.74) is 6.79. The Morgan fingerprint density at radius 2 is 2.35 bits per heavy atom. The van der Waals surface area contributed by atoms with Crippen molar-refractivity contribution >= 4 is 11.6 Å². The van der Waals surface area contributed by atoms with Gasteiger partial charge in [-0.25, -0.2) is 0 Å². The van der Waals surface area contributed by atoms with E-state index in [1.807, 2.05) is 14.0 Å². The molecule has 2 rings (SSSR count). The molecule has 5 nitrogen and oxygen atoms in total. The van der Waals surface area contributed by atoms with Crippen molar-refractivity contribution in [3.63, 3.8) is 0 Å². The first-order chi connectivity index (χ1) is 8.13. The van der Waals surface area contributed by atoms with Gasteiger partial charge < -0.3 is 10.6 Å². The standard InChI is InChI=1S/C12H20N4O/c1-3-16-11(10(13)7-14-16)12(17)15(2)8-9-5-4-6-9/h7,9H,3-6,8,13H2,1-2H3. The predicted octanol–water partition coefficient (Wildman–Crippen LogP) is 1.36. The summed E-state index contributed by atoms with van der Waals surface area (Å²) in [6.07, 6.45) is 5.32. The molecule has 17 heavy (non-hydrogen) atoms. The second kappa shape index (κ2) is 4.77. The molecule has 1 aromatic rings. The fourth-order valence-corrected chi connectivity index (χ4v) is 2.20. The van der Waals surface area contributed by atoms with Crippen molar-refractivity contribution in [3.05, 3.63) is 11.9 Å². The summed E-state index contributed by atoms with van der Waals surface area (Å²) in [6.45, 7) is 3.44. The average molecular weight is 236 g/mol. The van der Waals surface area contributed by atoms with E-state index in [0.717, 1.165) is 6.54 Å². The van der Waals surface area contributed by atoms with E-state index in [0.29, 0.717) is 23.8 Å². The number of rotatable bonds is 4. The number of carbonyl (C=O) groups is 1. The highest BCUT2D eigenvalue weighted by molar-refractivity contribution is 5.97. The molecular formula is C12H20N4O. The van der Waals surface area contributed by atoms with Gasteiger partial charge in [0.05, 0.1) is 11.9 Å². The highest BCUT2D eigenvalue weighted by atomic mass is 16.2. The molecule has 0 aliphatic heterocycles. The van der Waals surface area contributed by atoms with Crippen LogP contribution in [0.15, 0.2) is 6.20 Å². The van der Waals surface area contributed by atoms with Crippen molar-refractivity contribution in [2.24, 2.45) is 5.92 Å². The summed E-state index contributed by atoms with van der Waals surface area (Å²) in [5.74, 6) is 0.650. The van der Waals surface area contributed by atoms with E-state index in [9.17, 15) is 4.79 Å². The number of aromatic nitrogens is 2. The quantitative estimate of drug-likeness (QED) is 0.858. The maximum atomic E-state index is 12.3. The molecule has 1 fully saturated rings. The van der Waals surface area contributed by atoms with Crippen LogP contribution in [0.4, 0.5) is 5.69 Å². The zero-order valence-corrected chi connectivity index (χ0v) is 10.5. The van der Waals surface area contributed by atoms with Crippen molar-refractivity contribution in [2.45, 2.75) is 32.7 Å². The summed E-state index contributed by atoms with van der Waals surface area (Å²) >= 11 is 0. The fourth-order valence-electron chi connectivity index (χ4n) is 2.20. The minimum absolute atomic E-state index is 0.0197. The summed E-state index contributed by atoms with van der Waals surface area (Å²) in [5, 5.41) is 4.10. The molecule has 1 aromatic heterocycles. The second-order valence-corrected chi connectivity index (χ2v) is 4.75. The van der Waals surface area contributed by atoms with Crippen LogP contribution < -0.4 is 5.73 Å². The Morgan fingerprint density at radius 1 is 1.65 bits per heavy atom. The van der Waals surface area contributed by atoms with Crippen molar-refractivity contribution in [1.82, 2.24) is 14.7 Å². The van der Waals surface area contributed by atoms with Crippen LogP contribution in [0.2, 0.25) is 0 Å². The lowest BCUT2D eigenvalue weighted by Gasteiger charge is -2.30. The highest BCUT2D eigenvalue weighted by Gasteiger charge is 2.25. The molecule has 0 radical (unpaired) electrons. The van der Waals surface area contributed by atoms with Gasteiger partial charge in [0, 0.05) is 20.1 Å². The first-order valence-corrected chi connectivity index (χ1v) is 6.20. The average Bonchev–Trinajstić information content (AvgIpc) is 2.63. The Bertz CT molecular complexity index is 409. The van der Waals surface area contributed by atoms with Crippen LogP contribution in [0, 0.1) is 5.92 Å². The van der Waals surface area contributed by atoms with E-state index in [2.05, 4.69) is 5.10 Å².